The molecular weight excluding hydrogens is 232 g/mol. The van der Waals surface area contributed by atoms with Crippen molar-refractivity contribution >= 4 is 5.69 Å². The lowest BCUT2D eigenvalue weighted by Crippen LogP contribution is -2.10. The van der Waals surface area contributed by atoms with Gasteiger partial charge in [-0.3, -0.25) is 0 Å². The predicted molar refractivity (Wildman–Crippen MR) is 80.3 cm³/mol. The molecule has 0 radical (unpaired) electrons. The van der Waals surface area contributed by atoms with Crippen LogP contribution in [0.3, 0.4) is 0 Å². The van der Waals surface area contributed by atoms with E-state index >= 15 is 0 Å². The summed E-state index contributed by atoms with van der Waals surface area (Å²) < 4.78 is 0. The molecule has 0 spiro atoms. The fraction of sp³-hybridized carbons (Fsp3) is 0.294. The molecule has 0 heterocycles. The first-order valence-corrected chi connectivity index (χ1v) is 6.83. The zero-order chi connectivity index (χ0) is 13.4. The second kappa shape index (κ2) is 4.71. The highest BCUT2D eigenvalue weighted by molar-refractivity contribution is 5.55. The molecule has 0 aliphatic heterocycles. The molecule has 1 aliphatic carbocycles. The number of benzene rings is 2. The van der Waals surface area contributed by atoms with Gasteiger partial charge in [-0.2, -0.15) is 0 Å². The number of hydrogen-bond donors (Lipinski definition) is 2. The molecule has 0 saturated heterocycles. The summed E-state index contributed by atoms with van der Waals surface area (Å²) in [4.78, 5) is 0. The van der Waals surface area contributed by atoms with Crippen molar-refractivity contribution in [3.63, 3.8) is 0 Å². The van der Waals surface area contributed by atoms with Gasteiger partial charge in [0.25, 0.3) is 0 Å². The van der Waals surface area contributed by atoms with Crippen molar-refractivity contribution in [1.82, 2.24) is 0 Å². The van der Waals surface area contributed by atoms with Gasteiger partial charge < -0.3 is 11.1 Å². The minimum Gasteiger partial charge on any atom is -0.378 e. The van der Waals surface area contributed by atoms with Gasteiger partial charge in [-0.1, -0.05) is 42.0 Å². The first-order valence-electron chi connectivity index (χ1n) is 6.83. The maximum atomic E-state index is 6.21. The molecule has 2 unspecified atom stereocenters. The number of aryl methyl sites for hydroxylation is 2. The summed E-state index contributed by atoms with van der Waals surface area (Å²) in [6, 6.07) is 15.5. The number of fused-ring (bicyclic) bond motifs is 1. The summed E-state index contributed by atoms with van der Waals surface area (Å²) >= 11 is 0. The highest BCUT2D eigenvalue weighted by Gasteiger charge is 2.28. The van der Waals surface area contributed by atoms with Crippen LogP contribution in [-0.4, -0.2) is 0 Å². The Hall–Kier alpha value is -1.80. The Morgan fingerprint density at radius 1 is 1.05 bits per heavy atom. The van der Waals surface area contributed by atoms with Gasteiger partial charge in [0.1, 0.15) is 0 Å². The number of hydrogen-bond acceptors (Lipinski definition) is 2. The number of rotatable bonds is 2. The normalized spacial score (nSPS) is 21.2. The van der Waals surface area contributed by atoms with Crippen LogP contribution in [0.25, 0.3) is 0 Å². The minimum absolute atomic E-state index is 0.152. The zero-order valence-electron chi connectivity index (χ0n) is 11.5. The monoisotopic (exact) mass is 252 g/mol. The van der Waals surface area contributed by atoms with Crippen molar-refractivity contribution in [2.24, 2.45) is 5.73 Å². The van der Waals surface area contributed by atoms with Crippen molar-refractivity contribution in [3.05, 3.63) is 64.7 Å². The largest absolute Gasteiger partial charge is 0.378 e. The fourth-order valence-corrected chi connectivity index (χ4v) is 2.97. The van der Waals surface area contributed by atoms with Gasteiger partial charge >= 0.3 is 0 Å². The maximum absolute atomic E-state index is 6.21. The third kappa shape index (κ3) is 2.24. The summed E-state index contributed by atoms with van der Waals surface area (Å²) in [5.41, 5.74) is 12.6. The van der Waals surface area contributed by atoms with Crippen LogP contribution in [0.1, 0.15) is 40.8 Å². The first kappa shape index (κ1) is 12.2. The van der Waals surface area contributed by atoms with Crippen molar-refractivity contribution < 1.29 is 0 Å². The van der Waals surface area contributed by atoms with Crippen molar-refractivity contribution in [2.45, 2.75) is 32.4 Å². The van der Waals surface area contributed by atoms with Gasteiger partial charge in [0.15, 0.2) is 0 Å². The van der Waals surface area contributed by atoms with Gasteiger partial charge in [0, 0.05) is 11.7 Å². The van der Waals surface area contributed by atoms with Crippen LogP contribution in [0.15, 0.2) is 42.5 Å². The van der Waals surface area contributed by atoms with Crippen LogP contribution in [0, 0.1) is 13.8 Å². The second-order valence-electron chi connectivity index (χ2n) is 5.49. The van der Waals surface area contributed by atoms with Gasteiger partial charge in [-0.05, 0) is 43.0 Å². The summed E-state index contributed by atoms with van der Waals surface area (Å²) in [5.74, 6) is 0. The van der Waals surface area contributed by atoms with E-state index in [1.807, 2.05) is 0 Å². The standard InChI is InChI=1S/C17H20N2/c1-11-7-8-16(12(2)9-11)19-17-10-15(18)13-5-3-4-6-14(13)17/h3-9,15,17,19H,10,18H2,1-2H3. The topological polar surface area (TPSA) is 38.0 Å². The SMILES string of the molecule is Cc1ccc(NC2CC(N)c3ccccc32)c(C)c1. The molecule has 2 atom stereocenters. The minimum atomic E-state index is 0.152. The molecule has 3 rings (SSSR count). The Morgan fingerprint density at radius 3 is 2.53 bits per heavy atom. The summed E-state index contributed by atoms with van der Waals surface area (Å²) in [6.07, 6.45) is 0.965. The van der Waals surface area contributed by atoms with Crippen LogP contribution < -0.4 is 11.1 Å². The third-order valence-electron chi connectivity index (χ3n) is 3.97. The molecule has 2 aromatic carbocycles. The quantitative estimate of drug-likeness (QED) is 0.851. The van der Waals surface area contributed by atoms with Crippen molar-refractivity contribution in [2.75, 3.05) is 5.32 Å². The Bertz CT molecular complexity index is 604. The molecule has 3 N–H and O–H groups in total. The lowest BCUT2D eigenvalue weighted by Gasteiger charge is -2.17. The summed E-state index contributed by atoms with van der Waals surface area (Å²) in [7, 11) is 0. The van der Waals surface area contributed by atoms with Crippen molar-refractivity contribution in [3.8, 4) is 0 Å². The lowest BCUT2D eigenvalue weighted by molar-refractivity contribution is 0.648. The summed E-state index contributed by atoms with van der Waals surface area (Å²) in [6.45, 7) is 4.27. The molecule has 2 heteroatoms. The molecule has 1 aliphatic rings. The number of anilines is 1. The molecule has 0 aromatic heterocycles. The lowest BCUT2D eigenvalue weighted by atomic mass is 10.1. The predicted octanol–water partition coefficient (Wildman–Crippen LogP) is 3.86. The fourth-order valence-electron chi connectivity index (χ4n) is 2.97. The molecule has 19 heavy (non-hydrogen) atoms. The molecule has 0 saturated carbocycles. The highest BCUT2D eigenvalue weighted by atomic mass is 14.9. The van der Waals surface area contributed by atoms with E-state index in [0.29, 0.717) is 6.04 Å². The van der Waals surface area contributed by atoms with Crippen LogP contribution in [0.5, 0.6) is 0 Å². The third-order valence-corrected chi connectivity index (χ3v) is 3.97. The number of nitrogens with one attached hydrogen (secondary N) is 1. The van der Waals surface area contributed by atoms with Gasteiger partial charge in [-0.25, -0.2) is 0 Å². The van der Waals surface area contributed by atoms with E-state index in [0.717, 1.165) is 6.42 Å². The van der Waals surface area contributed by atoms with E-state index in [-0.39, 0.29) is 6.04 Å². The molecular formula is C17H20N2. The molecule has 0 bridgehead atoms. The Morgan fingerprint density at radius 2 is 1.79 bits per heavy atom. The Balaban J connectivity index is 1.89. The number of nitrogens with two attached hydrogens (primary N) is 1. The van der Waals surface area contributed by atoms with Crippen LogP contribution in [0.2, 0.25) is 0 Å². The van der Waals surface area contributed by atoms with Crippen LogP contribution in [-0.2, 0) is 0 Å². The molecule has 0 fully saturated rings. The second-order valence-corrected chi connectivity index (χ2v) is 5.49. The Kier molecular flexibility index (Phi) is 3.03. The van der Waals surface area contributed by atoms with E-state index in [9.17, 15) is 0 Å². The highest BCUT2D eigenvalue weighted by Crippen LogP contribution is 2.39. The Labute approximate surface area is 114 Å². The summed E-state index contributed by atoms with van der Waals surface area (Å²) in [5, 5.41) is 3.64. The molecule has 2 aromatic rings. The average molecular weight is 252 g/mol. The molecule has 0 amide bonds. The smallest absolute Gasteiger partial charge is 0.0535 e. The first-order chi connectivity index (χ1) is 9.15. The molecule has 98 valence electrons. The van der Waals surface area contributed by atoms with Crippen LogP contribution in [0.4, 0.5) is 5.69 Å². The van der Waals surface area contributed by atoms with Gasteiger partial charge in [0.05, 0.1) is 6.04 Å². The van der Waals surface area contributed by atoms with E-state index in [1.165, 1.54) is 27.9 Å². The zero-order valence-corrected chi connectivity index (χ0v) is 11.5. The van der Waals surface area contributed by atoms with Crippen LogP contribution >= 0.6 is 0 Å². The van der Waals surface area contributed by atoms with Gasteiger partial charge in [0.2, 0.25) is 0 Å². The maximum Gasteiger partial charge on any atom is 0.0535 e. The van der Waals surface area contributed by atoms with E-state index in [4.69, 9.17) is 5.73 Å². The van der Waals surface area contributed by atoms with Gasteiger partial charge in [-0.15, -0.1) is 0 Å². The van der Waals surface area contributed by atoms with E-state index < -0.39 is 0 Å². The van der Waals surface area contributed by atoms with E-state index in [2.05, 4.69) is 61.6 Å². The van der Waals surface area contributed by atoms with Crippen molar-refractivity contribution in [1.29, 1.82) is 0 Å². The van der Waals surface area contributed by atoms with E-state index in [1.54, 1.807) is 0 Å². The molecule has 2 nitrogen and oxygen atoms in total. The average Bonchev–Trinajstić information content (AvgIpc) is 2.71.